The van der Waals surface area contributed by atoms with Gasteiger partial charge in [-0.05, 0) is 31.0 Å². The van der Waals surface area contributed by atoms with Gasteiger partial charge in [-0.25, -0.2) is 13.4 Å². The third-order valence-electron chi connectivity index (χ3n) is 3.40. The molecule has 1 aromatic carbocycles. The molecule has 0 spiro atoms. The highest BCUT2D eigenvalue weighted by Gasteiger charge is 2.27. The number of sulfonamides is 1. The van der Waals surface area contributed by atoms with E-state index < -0.39 is 10.0 Å². The van der Waals surface area contributed by atoms with E-state index >= 15 is 0 Å². The van der Waals surface area contributed by atoms with Crippen LogP contribution in [-0.4, -0.2) is 35.4 Å². The average molecular weight is 265 g/mol. The van der Waals surface area contributed by atoms with Crippen molar-refractivity contribution in [3.63, 3.8) is 0 Å². The number of imidazole rings is 1. The van der Waals surface area contributed by atoms with Crippen molar-refractivity contribution in [1.29, 1.82) is 0 Å². The summed E-state index contributed by atoms with van der Waals surface area (Å²) in [5, 5.41) is 0. The average Bonchev–Trinajstić information content (AvgIpc) is 2.99. The number of benzene rings is 1. The lowest BCUT2D eigenvalue weighted by atomic mass is 10.3. The zero-order valence-corrected chi connectivity index (χ0v) is 11.0. The molecule has 0 N–H and O–H groups in total. The molecule has 1 fully saturated rings. The first-order valence-corrected chi connectivity index (χ1v) is 7.44. The van der Waals surface area contributed by atoms with Crippen molar-refractivity contribution in [2.75, 3.05) is 13.1 Å². The second-order valence-electron chi connectivity index (χ2n) is 4.62. The molecule has 0 bridgehead atoms. The lowest BCUT2D eigenvalue weighted by Gasteiger charge is -2.15. The van der Waals surface area contributed by atoms with Crippen LogP contribution in [0.5, 0.6) is 0 Å². The second kappa shape index (κ2) is 4.07. The van der Waals surface area contributed by atoms with Crippen molar-refractivity contribution in [1.82, 2.24) is 13.9 Å². The summed E-state index contributed by atoms with van der Waals surface area (Å²) in [5.74, 6) is 0. The molecule has 18 heavy (non-hydrogen) atoms. The summed E-state index contributed by atoms with van der Waals surface area (Å²) >= 11 is 0. The first-order valence-electron chi connectivity index (χ1n) is 6.00. The zero-order valence-electron chi connectivity index (χ0n) is 10.2. The van der Waals surface area contributed by atoms with Crippen LogP contribution in [0.3, 0.4) is 0 Å². The Morgan fingerprint density at radius 1 is 1.22 bits per heavy atom. The monoisotopic (exact) mass is 265 g/mol. The van der Waals surface area contributed by atoms with Gasteiger partial charge in [0.15, 0.2) is 0 Å². The van der Waals surface area contributed by atoms with Crippen molar-refractivity contribution < 1.29 is 8.42 Å². The highest BCUT2D eigenvalue weighted by molar-refractivity contribution is 7.89. The van der Waals surface area contributed by atoms with Crippen LogP contribution in [0.15, 0.2) is 29.4 Å². The molecule has 3 rings (SSSR count). The van der Waals surface area contributed by atoms with Crippen LogP contribution in [0.25, 0.3) is 11.0 Å². The number of rotatable bonds is 2. The van der Waals surface area contributed by atoms with E-state index in [2.05, 4.69) is 4.98 Å². The molecule has 0 unspecified atom stereocenters. The quantitative estimate of drug-likeness (QED) is 0.823. The Balaban J connectivity index is 2.08. The Morgan fingerprint density at radius 2 is 1.94 bits per heavy atom. The molecule has 0 aliphatic carbocycles. The van der Waals surface area contributed by atoms with Crippen LogP contribution < -0.4 is 0 Å². The zero-order chi connectivity index (χ0) is 12.8. The third kappa shape index (κ3) is 1.72. The first kappa shape index (κ1) is 11.7. The predicted molar refractivity (Wildman–Crippen MR) is 68.7 cm³/mol. The summed E-state index contributed by atoms with van der Waals surface area (Å²) in [7, 11) is -1.44. The Kier molecular flexibility index (Phi) is 2.64. The molecule has 1 aromatic heterocycles. The molecule has 0 atom stereocenters. The molecule has 2 heterocycles. The lowest BCUT2D eigenvalue weighted by Crippen LogP contribution is -2.27. The minimum atomic E-state index is -3.34. The van der Waals surface area contributed by atoms with Gasteiger partial charge in [0.1, 0.15) is 0 Å². The largest absolute Gasteiger partial charge is 0.334 e. The highest BCUT2D eigenvalue weighted by Crippen LogP contribution is 2.23. The van der Waals surface area contributed by atoms with E-state index in [-0.39, 0.29) is 0 Å². The van der Waals surface area contributed by atoms with E-state index in [4.69, 9.17) is 0 Å². The number of nitrogens with zero attached hydrogens (tertiary/aromatic N) is 3. The van der Waals surface area contributed by atoms with Gasteiger partial charge in [0.05, 0.1) is 22.3 Å². The summed E-state index contributed by atoms with van der Waals surface area (Å²) in [5.41, 5.74) is 1.66. The predicted octanol–water partition coefficient (Wildman–Crippen LogP) is 1.36. The molecule has 0 radical (unpaired) electrons. The molecule has 1 saturated heterocycles. The maximum Gasteiger partial charge on any atom is 0.243 e. The SMILES string of the molecule is Cn1cnc2cc(S(=O)(=O)N3CCCC3)ccc21. The third-order valence-corrected chi connectivity index (χ3v) is 5.29. The van der Waals surface area contributed by atoms with Crippen molar-refractivity contribution in [2.45, 2.75) is 17.7 Å². The van der Waals surface area contributed by atoms with E-state index in [9.17, 15) is 8.42 Å². The number of hydrogen-bond donors (Lipinski definition) is 0. The molecule has 1 aliphatic heterocycles. The molecule has 0 amide bonds. The molecule has 0 saturated carbocycles. The van der Waals surface area contributed by atoms with Gasteiger partial charge in [-0.1, -0.05) is 0 Å². The van der Waals surface area contributed by atoms with E-state index in [0.717, 1.165) is 23.9 Å². The van der Waals surface area contributed by atoms with E-state index in [1.807, 2.05) is 17.7 Å². The Morgan fingerprint density at radius 3 is 2.67 bits per heavy atom. The molecular weight excluding hydrogens is 250 g/mol. The van der Waals surface area contributed by atoms with Gasteiger partial charge in [0, 0.05) is 20.1 Å². The van der Waals surface area contributed by atoms with Gasteiger partial charge in [-0.2, -0.15) is 4.31 Å². The van der Waals surface area contributed by atoms with Crippen LogP contribution in [0.4, 0.5) is 0 Å². The number of hydrogen-bond acceptors (Lipinski definition) is 3. The van der Waals surface area contributed by atoms with Crippen molar-refractivity contribution >= 4 is 21.1 Å². The summed E-state index contributed by atoms with van der Waals surface area (Å²) < 4.78 is 28.2. The Hall–Kier alpha value is -1.40. The number of aryl methyl sites for hydroxylation is 1. The normalized spacial score (nSPS) is 17.6. The minimum Gasteiger partial charge on any atom is -0.334 e. The maximum absolute atomic E-state index is 12.4. The Bertz CT molecular complexity index is 684. The number of fused-ring (bicyclic) bond motifs is 1. The smallest absolute Gasteiger partial charge is 0.243 e. The van der Waals surface area contributed by atoms with Gasteiger partial charge in [0.2, 0.25) is 10.0 Å². The lowest BCUT2D eigenvalue weighted by molar-refractivity contribution is 0.477. The molecular formula is C12H15N3O2S. The van der Waals surface area contributed by atoms with Crippen molar-refractivity contribution in [3.8, 4) is 0 Å². The molecule has 96 valence electrons. The fourth-order valence-electron chi connectivity index (χ4n) is 2.35. The van der Waals surface area contributed by atoms with Gasteiger partial charge >= 0.3 is 0 Å². The summed E-state index contributed by atoms with van der Waals surface area (Å²) in [6.07, 6.45) is 3.59. The van der Waals surface area contributed by atoms with E-state index in [0.29, 0.717) is 18.0 Å². The standard InChI is InChI=1S/C12H15N3O2S/c1-14-9-13-11-8-10(4-5-12(11)14)18(16,17)15-6-2-3-7-15/h4-5,8-9H,2-3,6-7H2,1H3. The summed E-state index contributed by atoms with van der Waals surface area (Å²) in [4.78, 5) is 4.54. The van der Waals surface area contributed by atoms with Gasteiger partial charge in [0.25, 0.3) is 0 Å². The van der Waals surface area contributed by atoms with Crippen LogP contribution in [0.2, 0.25) is 0 Å². The summed E-state index contributed by atoms with van der Waals surface area (Å²) in [6, 6.07) is 5.13. The molecule has 2 aromatic rings. The number of aromatic nitrogens is 2. The van der Waals surface area contributed by atoms with E-state index in [1.165, 1.54) is 0 Å². The van der Waals surface area contributed by atoms with Crippen LogP contribution in [0, 0.1) is 0 Å². The van der Waals surface area contributed by atoms with Crippen LogP contribution in [0.1, 0.15) is 12.8 Å². The van der Waals surface area contributed by atoms with Crippen LogP contribution >= 0.6 is 0 Å². The fraction of sp³-hybridized carbons (Fsp3) is 0.417. The van der Waals surface area contributed by atoms with Gasteiger partial charge < -0.3 is 4.57 Å². The van der Waals surface area contributed by atoms with Crippen LogP contribution in [-0.2, 0) is 17.1 Å². The fourth-order valence-corrected chi connectivity index (χ4v) is 3.89. The maximum atomic E-state index is 12.4. The highest BCUT2D eigenvalue weighted by atomic mass is 32.2. The first-order chi connectivity index (χ1) is 8.59. The minimum absolute atomic E-state index is 0.343. The van der Waals surface area contributed by atoms with Crippen molar-refractivity contribution in [3.05, 3.63) is 24.5 Å². The van der Waals surface area contributed by atoms with Gasteiger partial charge in [-0.15, -0.1) is 0 Å². The summed E-state index contributed by atoms with van der Waals surface area (Å²) in [6.45, 7) is 1.26. The van der Waals surface area contributed by atoms with Gasteiger partial charge in [-0.3, -0.25) is 0 Å². The van der Waals surface area contributed by atoms with Crippen molar-refractivity contribution in [2.24, 2.45) is 7.05 Å². The topological polar surface area (TPSA) is 55.2 Å². The molecule has 5 nitrogen and oxygen atoms in total. The Labute approximate surface area is 106 Å². The molecule has 6 heteroatoms. The second-order valence-corrected chi connectivity index (χ2v) is 6.56. The molecule has 1 aliphatic rings. The van der Waals surface area contributed by atoms with E-state index in [1.54, 1.807) is 22.8 Å².